The van der Waals surface area contributed by atoms with Gasteiger partial charge in [0.2, 0.25) is 12.7 Å². The summed E-state index contributed by atoms with van der Waals surface area (Å²) in [7, 11) is 3.34. The molecule has 1 heterocycles. The van der Waals surface area contributed by atoms with Crippen LogP contribution in [0, 0.1) is 0 Å². The molecule has 0 unspecified atom stereocenters. The zero-order valence-corrected chi connectivity index (χ0v) is 15.1. The van der Waals surface area contributed by atoms with Crippen molar-refractivity contribution < 1.29 is 23.8 Å². The van der Waals surface area contributed by atoms with Crippen LogP contribution >= 0.6 is 0 Å². The van der Waals surface area contributed by atoms with Crippen LogP contribution < -0.4 is 19.5 Å². The molecule has 2 aromatic carbocycles. The number of hydrogen-bond donors (Lipinski definition) is 1. The summed E-state index contributed by atoms with van der Waals surface area (Å²) in [5.74, 6) is 1.54. The molecule has 1 aliphatic rings. The van der Waals surface area contributed by atoms with Crippen molar-refractivity contribution in [2.24, 2.45) is 0 Å². The smallest absolute Gasteiger partial charge is 0.259 e. The second-order valence-corrected chi connectivity index (χ2v) is 6.04. The van der Waals surface area contributed by atoms with E-state index >= 15 is 0 Å². The van der Waals surface area contributed by atoms with Gasteiger partial charge in [0, 0.05) is 25.9 Å². The van der Waals surface area contributed by atoms with Crippen LogP contribution in [-0.2, 0) is 9.59 Å². The lowest BCUT2D eigenvalue weighted by molar-refractivity contribution is -0.130. The summed E-state index contributed by atoms with van der Waals surface area (Å²) in [6.07, 6.45) is 3.14. The maximum atomic E-state index is 12.1. The van der Waals surface area contributed by atoms with Gasteiger partial charge in [0.1, 0.15) is 5.75 Å². The third-order valence-electron chi connectivity index (χ3n) is 3.81. The number of nitrogens with one attached hydrogen (secondary N) is 1. The molecule has 3 rings (SSSR count). The van der Waals surface area contributed by atoms with E-state index in [0.717, 1.165) is 5.56 Å². The number of anilines is 1. The first-order valence-corrected chi connectivity index (χ1v) is 8.33. The van der Waals surface area contributed by atoms with Crippen LogP contribution in [0.3, 0.4) is 0 Å². The van der Waals surface area contributed by atoms with Crippen molar-refractivity contribution in [2.45, 2.75) is 0 Å². The van der Waals surface area contributed by atoms with Crippen LogP contribution in [0.1, 0.15) is 5.56 Å². The van der Waals surface area contributed by atoms with Crippen molar-refractivity contribution in [3.8, 4) is 17.2 Å². The first-order chi connectivity index (χ1) is 13.0. The molecule has 0 aliphatic carbocycles. The Morgan fingerprint density at radius 1 is 1.11 bits per heavy atom. The Bertz CT molecular complexity index is 859. The SMILES string of the molecule is CN(C)C(=O)COc1ccc(NC(=O)/C=C/c2ccc3c(c2)OCO3)cc1. The highest BCUT2D eigenvalue weighted by atomic mass is 16.7. The molecule has 1 N–H and O–H groups in total. The Labute approximate surface area is 157 Å². The van der Waals surface area contributed by atoms with E-state index in [2.05, 4.69) is 5.32 Å². The molecule has 27 heavy (non-hydrogen) atoms. The van der Waals surface area contributed by atoms with Gasteiger partial charge in [0.15, 0.2) is 18.1 Å². The van der Waals surface area contributed by atoms with Gasteiger partial charge in [-0.15, -0.1) is 0 Å². The summed E-state index contributed by atoms with van der Waals surface area (Å²) in [4.78, 5) is 25.0. The van der Waals surface area contributed by atoms with Crippen molar-refractivity contribution in [3.05, 3.63) is 54.1 Å². The molecule has 1 aliphatic heterocycles. The van der Waals surface area contributed by atoms with E-state index in [1.54, 1.807) is 50.5 Å². The molecule has 0 atom stereocenters. The average Bonchev–Trinajstić information content (AvgIpc) is 3.13. The Balaban J connectivity index is 1.52. The molecule has 0 saturated heterocycles. The normalized spacial score (nSPS) is 12.1. The number of fused-ring (bicyclic) bond motifs is 1. The third-order valence-corrected chi connectivity index (χ3v) is 3.81. The molecule has 0 aromatic heterocycles. The molecule has 0 radical (unpaired) electrons. The predicted molar refractivity (Wildman–Crippen MR) is 101 cm³/mol. The van der Waals surface area contributed by atoms with Crippen molar-refractivity contribution in [3.63, 3.8) is 0 Å². The van der Waals surface area contributed by atoms with Crippen LogP contribution in [0.2, 0.25) is 0 Å². The first kappa shape index (κ1) is 18.3. The first-order valence-electron chi connectivity index (χ1n) is 8.33. The number of benzene rings is 2. The van der Waals surface area contributed by atoms with Crippen molar-refractivity contribution in [1.82, 2.24) is 4.90 Å². The standard InChI is InChI=1S/C20H20N2O5/c1-22(2)20(24)12-25-16-7-5-15(6-8-16)21-19(23)10-4-14-3-9-17-18(11-14)27-13-26-17/h3-11H,12-13H2,1-2H3,(H,21,23)/b10-4+. The average molecular weight is 368 g/mol. The summed E-state index contributed by atoms with van der Waals surface area (Å²) in [5, 5.41) is 2.76. The van der Waals surface area contributed by atoms with Crippen LogP contribution in [-0.4, -0.2) is 44.2 Å². The van der Waals surface area contributed by atoms with Gasteiger partial charge in [-0.05, 0) is 48.0 Å². The van der Waals surface area contributed by atoms with Gasteiger partial charge in [-0.2, -0.15) is 0 Å². The quantitative estimate of drug-likeness (QED) is 0.793. The molecule has 0 spiro atoms. The van der Waals surface area contributed by atoms with Crippen molar-refractivity contribution in [2.75, 3.05) is 32.8 Å². The fourth-order valence-electron chi connectivity index (χ4n) is 2.28. The fourth-order valence-corrected chi connectivity index (χ4v) is 2.28. The minimum atomic E-state index is -0.260. The number of ether oxygens (including phenoxy) is 3. The molecule has 0 bridgehead atoms. The van der Waals surface area contributed by atoms with Gasteiger partial charge < -0.3 is 24.4 Å². The van der Waals surface area contributed by atoms with E-state index in [1.165, 1.54) is 11.0 Å². The van der Waals surface area contributed by atoms with Crippen molar-refractivity contribution >= 4 is 23.6 Å². The Morgan fingerprint density at radius 3 is 2.59 bits per heavy atom. The van der Waals surface area contributed by atoms with E-state index < -0.39 is 0 Å². The molecule has 7 heteroatoms. The predicted octanol–water partition coefficient (Wildman–Crippen LogP) is 2.53. The number of rotatable bonds is 6. The zero-order valence-electron chi connectivity index (χ0n) is 15.1. The number of amides is 2. The van der Waals surface area contributed by atoms with E-state index in [1.807, 2.05) is 12.1 Å². The van der Waals surface area contributed by atoms with E-state index in [9.17, 15) is 9.59 Å². The van der Waals surface area contributed by atoms with Gasteiger partial charge in [0.25, 0.3) is 5.91 Å². The summed E-state index contributed by atoms with van der Waals surface area (Å²) < 4.78 is 16.0. The molecule has 2 amide bonds. The molecule has 0 fully saturated rings. The maximum absolute atomic E-state index is 12.1. The molecule has 2 aromatic rings. The summed E-state index contributed by atoms with van der Waals surface area (Å²) in [5.41, 5.74) is 1.46. The van der Waals surface area contributed by atoms with Crippen LogP contribution in [0.15, 0.2) is 48.5 Å². The zero-order chi connectivity index (χ0) is 19.2. The summed E-state index contributed by atoms with van der Waals surface area (Å²) in [6, 6.07) is 12.3. The van der Waals surface area contributed by atoms with E-state index in [-0.39, 0.29) is 25.2 Å². The lowest BCUT2D eigenvalue weighted by atomic mass is 10.2. The Hall–Kier alpha value is -3.48. The lowest BCUT2D eigenvalue weighted by Crippen LogP contribution is -2.27. The second kappa shape index (κ2) is 8.27. The van der Waals surface area contributed by atoms with Gasteiger partial charge in [0.05, 0.1) is 0 Å². The third kappa shape index (κ3) is 5.01. The molecule has 140 valence electrons. The molecular weight excluding hydrogens is 348 g/mol. The molecular formula is C20H20N2O5. The molecule has 0 saturated carbocycles. The largest absolute Gasteiger partial charge is 0.484 e. The highest BCUT2D eigenvalue weighted by molar-refractivity contribution is 6.02. The highest BCUT2D eigenvalue weighted by Crippen LogP contribution is 2.32. The minimum absolute atomic E-state index is 0.0308. The minimum Gasteiger partial charge on any atom is -0.484 e. The summed E-state index contributed by atoms with van der Waals surface area (Å²) in [6.45, 7) is 0.184. The van der Waals surface area contributed by atoms with Crippen LogP contribution in [0.5, 0.6) is 17.2 Å². The Kier molecular flexibility index (Phi) is 5.61. The topological polar surface area (TPSA) is 77.1 Å². The van der Waals surface area contributed by atoms with Crippen LogP contribution in [0.25, 0.3) is 6.08 Å². The number of hydrogen-bond acceptors (Lipinski definition) is 5. The second-order valence-electron chi connectivity index (χ2n) is 6.04. The van der Waals surface area contributed by atoms with Gasteiger partial charge in [-0.1, -0.05) is 6.07 Å². The monoisotopic (exact) mass is 368 g/mol. The lowest BCUT2D eigenvalue weighted by Gasteiger charge is -2.11. The molecule has 7 nitrogen and oxygen atoms in total. The van der Waals surface area contributed by atoms with Gasteiger partial charge in [-0.25, -0.2) is 0 Å². The van der Waals surface area contributed by atoms with Crippen LogP contribution in [0.4, 0.5) is 5.69 Å². The highest BCUT2D eigenvalue weighted by Gasteiger charge is 2.12. The summed E-state index contributed by atoms with van der Waals surface area (Å²) >= 11 is 0. The fraction of sp³-hybridized carbons (Fsp3) is 0.200. The Morgan fingerprint density at radius 2 is 1.85 bits per heavy atom. The van der Waals surface area contributed by atoms with Gasteiger partial charge >= 0.3 is 0 Å². The van der Waals surface area contributed by atoms with Gasteiger partial charge in [-0.3, -0.25) is 9.59 Å². The number of carbonyl (C=O) groups excluding carboxylic acids is 2. The number of nitrogens with zero attached hydrogens (tertiary/aromatic N) is 1. The van der Waals surface area contributed by atoms with E-state index in [0.29, 0.717) is 22.9 Å². The van der Waals surface area contributed by atoms with Crippen molar-refractivity contribution in [1.29, 1.82) is 0 Å². The number of likely N-dealkylation sites (N-methyl/N-ethyl adjacent to an activating group) is 1. The van der Waals surface area contributed by atoms with E-state index in [4.69, 9.17) is 14.2 Å². The maximum Gasteiger partial charge on any atom is 0.259 e. The number of carbonyl (C=O) groups is 2.